The molecule has 1 aromatic carbocycles. The van der Waals surface area contributed by atoms with Crippen molar-refractivity contribution in [3.63, 3.8) is 0 Å². The molecular weight excluding hydrogens is 368 g/mol. The number of hydrazine groups is 1. The van der Waals surface area contributed by atoms with Crippen molar-refractivity contribution in [2.24, 2.45) is 0 Å². The molecule has 2 aromatic rings. The number of thiophene rings is 1. The highest BCUT2D eigenvalue weighted by atomic mass is 35.5. The van der Waals surface area contributed by atoms with Crippen LogP contribution in [0.1, 0.15) is 22.5 Å². The fraction of sp³-hybridized carbons (Fsp3) is 0.188. The number of ketones is 1. The predicted molar refractivity (Wildman–Crippen MR) is 96.3 cm³/mol. The smallest absolute Gasteiger partial charge is 0.248 e. The van der Waals surface area contributed by atoms with Crippen LogP contribution < -0.4 is 10.9 Å². The second-order valence-corrected chi connectivity index (χ2v) is 7.17. The number of carbonyl (C=O) groups excluding carboxylic acids is 3. The molecule has 5 nitrogen and oxygen atoms in total. The molecule has 2 rings (SSSR count). The van der Waals surface area contributed by atoms with Crippen molar-refractivity contribution < 1.29 is 14.4 Å². The molecule has 8 heteroatoms. The third kappa shape index (κ3) is 6.35. The van der Waals surface area contributed by atoms with E-state index in [1.54, 1.807) is 24.3 Å². The van der Waals surface area contributed by atoms with Gasteiger partial charge in [0.15, 0.2) is 5.78 Å². The highest BCUT2D eigenvalue weighted by Crippen LogP contribution is 2.19. The molecule has 2 amide bonds. The number of thioether (sulfide) groups is 1. The largest absolute Gasteiger partial charge is 0.293 e. The Morgan fingerprint density at radius 3 is 2.38 bits per heavy atom. The first-order valence-electron chi connectivity index (χ1n) is 7.07. The average Bonchev–Trinajstić information content (AvgIpc) is 3.12. The standard InChI is InChI=1S/C16H15ClN2O3S2/c17-11-3-5-12(6-4-11)24-10-16(22)19-18-15(21)8-7-13(20)14-2-1-9-23-14/h1-6,9H,7-8,10H2,(H,18,21)(H,19,22). The summed E-state index contributed by atoms with van der Waals surface area (Å²) in [6.45, 7) is 0. The predicted octanol–water partition coefficient (Wildman–Crippen LogP) is 3.30. The summed E-state index contributed by atoms with van der Waals surface area (Å²) < 4.78 is 0. The van der Waals surface area contributed by atoms with E-state index in [0.29, 0.717) is 9.90 Å². The van der Waals surface area contributed by atoms with E-state index in [4.69, 9.17) is 11.6 Å². The van der Waals surface area contributed by atoms with Gasteiger partial charge >= 0.3 is 0 Å². The molecule has 0 aliphatic carbocycles. The molecule has 0 atom stereocenters. The summed E-state index contributed by atoms with van der Waals surface area (Å²) in [5.41, 5.74) is 4.64. The van der Waals surface area contributed by atoms with Crippen LogP contribution in [-0.2, 0) is 9.59 Å². The van der Waals surface area contributed by atoms with Gasteiger partial charge in [-0.15, -0.1) is 23.1 Å². The Morgan fingerprint density at radius 2 is 1.71 bits per heavy atom. The number of rotatable bonds is 7. The topological polar surface area (TPSA) is 75.3 Å². The zero-order chi connectivity index (χ0) is 17.4. The Labute approximate surface area is 152 Å². The van der Waals surface area contributed by atoms with Gasteiger partial charge in [-0.1, -0.05) is 17.7 Å². The second kappa shape index (κ2) is 9.46. The summed E-state index contributed by atoms with van der Waals surface area (Å²) in [4.78, 5) is 36.6. The normalized spacial score (nSPS) is 10.2. The third-order valence-electron chi connectivity index (χ3n) is 2.90. The molecule has 0 unspecified atom stereocenters. The molecule has 1 heterocycles. The van der Waals surface area contributed by atoms with Gasteiger partial charge in [-0.2, -0.15) is 0 Å². The SMILES string of the molecule is O=C(CCC(=O)c1cccs1)NNC(=O)CSc1ccc(Cl)cc1. The Balaban J connectivity index is 1.63. The second-order valence-electron chi connectivity index (χ2n) is 4.74. The first-order chi connectivity index (χ1) is 11.5. The van der Waals surface area contributed by atoms with Crippen LogP contribution in [0.25, 0.3) is 0 Å². The maximum Gasteiger partial charge on any atom is 0.248 e. The molecular formula is C16H15ClN2O3S2. The van der Waals surface area contributed by atoms with Gasteiger partial charge < -0.3 is 0 Å². The van der Waals surface area contributed by atoms with E-state index in [-0.39, 0.29) is 30.3 Å². The monoisotopic (exact) mass is 382 g/mol. The minimum atomic E-state index is -0.398. The quantitative estimate of drug-likeness (QED) is 0.437. The highest BCUT2D eigenvalue weighted by Gasteiger charge is 2.11. The van der Waals surface area contributed by atoms with E-state index in [1.807, 2.05) is 17.5 Å². The van der Waals surface area contributed by atoms with Crippen molar-refractivity contribution >= 4 is 52.3 Å². The van der Waals surface area contributed by atoms with Gasteiger partial charge in [0.25, 0.3) is 0 Å². The minimum absolute atomic E-state index is 0.0291. The van der Waals surface area contributed by atoms with Crippen molar-refractivity contribution in [1.29, 1.82) is 0 Å². The van der Waals surface area contributed by atoms with Crippen LogP contribution in [-0.4, -0.2) is 23.4 Å². The van der Waals surface area contributed by atoms with Gasteiger partial charge in [0.05, 0.1) is 10.6 Å². The maximum atomic E-state index is 11.8. The Hall–Kier alpha value is -1.83. The Kier molecular flexibility index (Phi) is 7.30. The molecule has 24 heavy (non-hydrogen) atoms. The van der Waals surface area contributed by atoms with E-state index >= 15 is 0 Å². The number of benzene rings is 1. The lowest BCUT2D eigenvalue weighted by molar-refractivity contribution is -0.127. The summed E-state index contributed by atoms with van der Waals surface area (Å²) in [6, 6.07) is 10.6. The molecule has 126 valence electrons. The number of nitrogens with one attached hydrogen (secondary N) is 2. The van der Waals surface area contributed by atoms with Crippen LogP contribution in [0.3, 0.4) is 0 Å². The summed E-state index contributed by atoms with van der Waals surface area (Å²) in [5.74, 6) is -0.641. The lowest BCUT2D eigenvalue weighted by Gasteiger charge is -2.07. The molecule has 0 radical (unpaired) electrons. The van der Waals surface area contributed by atoms with E-state index in [1.165, 1.54) is 23.1 Å². The molecule has 1 aromatic heterocycles. The van der Waals surface area contributed by atoms with E-state index in [2.05, 4.69) is 10.9 Å². The molecule has 2 N–H and O–H groups in total. The van der Waals surface area contributed by atoms with Gasteiger partial charge in [-0.3, -0.25) is 25.2 Å². The maximum absolute atomic E-state index is 11.8. The number of hydrogen-bond acceptors (Lipinski definition) is 5. The lowest BCUT2D eigenvalue weighted by Crippen LogP contribution is -2.42. The average molecular weight is 383 g/mol. The third-order valence-corrected chi connectivity index (χ3v) is 5.07. The van der Waals surface area contributed by atoms with Crippen molar-refractivity contribution in [1.82, 2.24) is 10.9 Å². The number of halogens is 1. The van der Waals surface area contributed by atoms with Gasteiger partial charge in [0, 0.05) is 22.8 Å². The van der Waals surface area contributed by atoms with Crippen molar-refractivity contribution in [3.8, 4) is 0 Å². The summed E-state index contributed by atoms with van der Waals surface area (Å²) in [6.07, 6.45) is 0.142. The van der Waals surface area contributed by atoms with Gasteiger partial charge in [-0.05, 0) is 35.7 Å². The van der Waals surface area contributed by atoms with Crippen molar-refractivity contribution in [2.75, 3.05) is 5.75 Å². The molecule has 0 spiro atoms. The zero-order valence-electron chi connectivity index (χ0n) is 12.6. The minimum Gasteiger partial charge on any atom is -0.293 e. The van der Waals surface area contributed by atoms with Crippen molar-refractivity contribution in [3.05, 3.63) is 51.7 Å². The molecule has 0 bridgehead atoms. The molecule has 0 fully saturated rings. The summed E-state index contributed by atoms with van der Waals surface area (Å²) in [5, 5.41) is 2.44. The number of hydrogen-bond donors (Lipinski definition) is 2. The van der Waals surface area contributed by atoms with Crippen LogP contribution in [0.2, 0.25) is 5.02 Å². The highest BCUT2D eigenvalue weighted by molar-refractivity contribution is 8.00. The van der Waals surface area contributed by atoms with Crippen LogP contribution in [0, 0.1) is 0 Å². The summed E-state index contributed by atoms with van der Waals surface area (Å²) in [7, 11) is 0. The van der Waals surface area contributed by atoms with Gasteiger partial charge in [-0.25, -0.2) is 0 Å². The first-order valence-corrected chi connectivity index (χ1v) is 9.31. The van der Waals surface area contributed by atoms with E-state index < -0.39 is 5.91 Å². The van der Waals surface area contributed by atoms with Crippen LogP contribution >= 0.6 is 34.7 Å². The zero-order valence-corrected chi connectivity index (χ0v) is 15.0. The first kappa shape index (κ1) is 18.5. The van der Waals surface area contributed by atoms with Crippen molar-refractivity contribution in [2.45, 2.75) is 17.7 Å². The fourth-order valence-corrected chi connectivity index (χ4v) is 3.22. The Bertz CT molecular complexity index is 703. The fourth-order valence-electron chi connectivity index (χ4n) is 1.71. The van der Waals surface area contributed by atoms with Gasteiger partial charge in [0.1, 0.15) is 0 Å². The van der Waals surface area contributed by atoms with Crippen LogP contribution in [0.5, 0.6) is 0 Å². The number of amides is 2. The van der Waals surface area contributed by atoms with Crippen LogP contribution in [0.15, 0.2) is 46.7 Å². The molecule has 0 aliphatic heterocycles. The lowest BCUT2D eigenvalue weighted by atomic mass is 10.2. The van der Waals surface area contributed by atoms with Crippen LogP contribution in [0.4, 0.5) is 0 Å². The molecule has 0 saturated carbocycles. The number of carbonyl (C=O) groups is 3. The summed E-state index contributed by atoms with van der Waals surface area (Å²) >= 11 is 8.46. The number of Topliss-reactive ketones (excluding diaryl/α,β-unsaturated/α-hetero) is 1. The van der Waals surface area contributed by atoms with E-state index in [0.717, 1.165) is 4.90 Å². The molecule has 0 saturated heterocycles. The van der Waals surface area contributed by atoms with Gasteiger partial charge in [0.2, 0.25) is 11.8 Å². The Morgan fingerprint density at radius 1 is 1.00 bits per heavy atom. The van der Waals surface area contributed by atoms with E-state index in [9.17, 15) is 14.4 Å². The molecule has 0 aliphatic rings.